The zero-order chi connectivity index (χ0) is 14.5. The van der Waals surface area contributed by atoms with Crippen molar-refractivity contribution in [3.8, 4) is 0 Å². The Bertz CT molecular complexity index is 383. The van der Waals surface area contributed by atoms with E-state index in [9.17, 15) is 8.42 Å². The number of hydrogen-bond donors (Lipinski definition) is 2. The van der Waals surface area contributed by atoms with Gasteiger partial charge in [-0.1, -0.05) is 38.5 Å². The fourth-order valence-corrected chi connectivity index (χ4v) is 5.34. The minimum atomic E-state index is -3.13. The first-order chi connectivity index (χ1) is 9.55. The fourth-order valence-electron chi connectivity index (χ4n) is 3.74. The number of sulfonamides is 1. The van der Waals surface area contributed by atoms with Crippen LogP contribution in [0, 0.1) is 11.3 Å². The Morgan fingerprint density at radius 1 is 1.00 bits per heavy atom. The van der Waals surface area contributed by atoms with E-state index < -0.39 is 10.0 Å². The average Bonchev–Trinajstić information content (AvgIpc) is 2.47. The molecule has 0 radical (unpaired) electrons. The molecule has 5 heteroatoms. The van der Waals surface area contributed by atoms with Gasteiger partial charge in [0.05, 0.1) is 5.75 Å². The second kappa shape index (κ2) is 7.23. The van der Waals surface area contributed by atoms with Crippen LogP contribution in [0.3, 0.4) is 0 Å². The zero-order valence-electron chi connectivity index (χ0n) is 12.6. The Kier molecular flexibility index (Phi) is 5.87. The van der Waals surface area contributed by atoms with Gasteiger partial charge in [-0.25, -0.2) is 13.1 Å². The first-order valence-electron chi connectivity index (χ1n) is 8.23. The summed E-state index contributed by atoms with van der Waals surface area (Å²) in [7, 11) is -3.13. The van der Waals surface area contributed by atoms with Gasteiger partial charge in [0.2, 0.25) is 10.0 Å². The molecular formula is C15H30N2O2S. The lowest BCUT2D eigenvalue weighted by Gasteiger charge is -2.36. The van der Waals surface area contributed by atoms with Gasteiger partial charge in [-0.2, -0.15) is 0 Å². The molecule has 0 unspecified atom stereocenters. The van der Waals surface area contributed by atoms with Crippen LogP contribution in [0.1, 0.15) is 64.2 Å². The highest BCUT2D eigenvalue weighted by molar-refractivity contribution is 7.89. The SMILES string of the molecule is NCC1(CNS(=O)(=O)CC2CCCCC2)CCCCC1. The third-order valence-electron chi connectivity index (χ3n) is 5.19. The van der Waals surface area contributed by atoms with Crippen molar-refractivity contribution < 1.29 is 8.42 Å². The number of rotatable bonds is 6. The number of nitrogens with two attached hydrogens (primary N) is 1. The van der Waals surface area contributed by atoms with Crippen LogP contribution < -0.4 is 10.5 Å². The van der Waals surface area contributed by atoms with Gasteiger partial charge in [0.1, 0.15) is 0 Å². The van der Waals surface area contributed by atoms with E-state index in [-0.39, 0.29) is 5.41 Å². The van der Waals surface area contributed by atoms with E-state index in [1.165, 1.54) is 38.5 Å². The van der Waals surface area contributed by atoms with Crippen LogP contribution in [0.4, 0.5) is 0 Å². The molecule has 2 aliphatic rings. The van der Waals surface area contributed by atoms with Gasteiger partial charge >= 0.3 is 0 Å². The first kappa shape index (κ1) is 16.2. The summed E-state index contributed by atoms with van der Waals surface area (Å²) >= 11 is 0. The highest BCUT2D eigenvalue weighted by Crippen LogP contribution is 2.35. The molecule has 0 amide bonds. The lowest BCUT2D eigenvalue weighted by molar-refractivity contribution is 0.202. The molecule has 118 valence electrons. The van der Waals surface area contributed by atoms with E-state index in [1.807, 2.05) is 0 Å². The molecule has 2 fully saturated rings. The standard InChI is InChI=1S/C15H30N2O2S/c16-12-15(9-5-2-6-10-15)13-17-20(18,19)11-14-7-3-1-4-8-14/h14,17H,1-13,16H2. The fraction of sp³-hybridized carbons (Fsp3) is 1.00. The van der Waals surface area contributed by atoms with Crippen molar-refractivity contribution in [2.75, 3.05) is 18.8 Å². The quantitative estimate of drug-likeness (QED) is 0.791. The molecule has 0 saturated heterocycles. The molecule has 0 heterocycles. The Hall–Kier alpha value is -0.130. The summed E-state index contributed by atoms with van der Waals surface area (Å²) in [6.07, 6.45) is 11.5. The second-order valence-corrected chi connectivity index (χ2v) is 8.72. The Morgan fingerprint density at radius 2 is 1.60 bits per heavy atom. The van der Waals surface area contributed by atoms with E-state index in [1.54, 1.807) is 0 Å². The van der Waals surface area contributed by atoms with Gasteiger partial charge < -0.3 is 5.73 Å². The van der Waals surface area contributed by atoms with Gasteiger partial charge in [-0.15, -0.1) is 0 Å². The Morgan fingerprint density at radius 3 is 2.20 bits per heavy atom. The summed E-state index contributed by atoms with van der Waals surface area (Å²) in [4.78, 5) is 0. The molecule has 3 N–H and O–H groups in total. The van der Waals surface area contributed by atoms with Crippen molar-refractivity contribution in [2.45, 2.75) is 64.2 Å². The van der Waals surface area contributed by atoms with Crippen molar-refractivity contribution in [3.05, 3.63) is 0 Å². The predicted octanol–water partition coefficient (Wildman–Crippen LogP) is 2.40. The summed E-state index contributed by atoms with van der Waals surface area (Å²) in [5.74, 6) is 0.676. The van der Waals surface area contributed by atoms with Gasteiger partial charge in [0.15, 0.2) is 0 Å². The molecule has 0 aromatic heterocycles. The van der Waals surface area contributed by atoms with Crippen LogP contribution in [-0.4, -0.2) is 27.3 Å². The second-order valence-electron chi connectivity index (χ2n) is 6.87. The van der Waals surface area contributed by atoms with Crippen molar-refractivity contribution in [2.24, 2.45) is 17.1 Å². The minimum absolute atomic E-state index is 0.0118. The topological polar surface area (TPSA) is 72.2 Å². The van der Waals surface area contributed by atoms with Gasteiger partial charge in [-0.05, 0) is 43.6 Å². The summed E-state index contributed by atoms with van der Waals surface area (Å²) in [6, 6.07) is 0. The van der Waals surface area contributed by atoms with E-state index in [0.717, 1.165) is 25.7 Å². The minimum Gasteiger partial charge on any atom is -0.330 e. The lowest BCUT2D eigenvalue weighted by Crippen LogP contribution is -2.44. The average molecular weight is 302 g/mol. The molecule has 2 rings (SSSR count). The molecule has 0 spiro atoms. The Labute approximate surface area is 123 Å². The van der Waals surface area contributed by atoms with Gasteiger partial charge in [0.25, 0.3) is 0 Å². The van der Waals surface area contributed by atoms with E-state index in [4.69, 9.17) is 5.73 Å². The lowest BCUT2D eigenvalue weighted by atomic mass is 9.74. The van der Waals surface area contributed by atoms with E-state index in [0.29, 0.717) is 24.8 Å². The van der Waals surface area contributed by atoms with Crippen molar-refractivity contribution in [1.29, 1.82) is 0 Å². The normalized spacial score (nSPS) is 24.6. The summed E-state index contributed by atoms with van der Waals surface area (Å²) < 4.78 is 27.4. The van der Waals surface area contributed by atoms with E-state index >= 15 is 0 Å². The summed E-state index contributed by atoms with van der Waals surface area (Å²) in [5, 5.41) is 0. The molecule has 0 atom stereocenters. The zero-order valence-corrected chi connectivity index (χ0v) is 13.4. The monoisotopic (exact) mass is 302 g/mol. The molecule has 4 nitrogen and oxygen atoms in total. The van der Waals surface area contributed by atoms with Crippen LogP contribution in [0.25, 0.3) is 0 Å². The molecule has 20 heavy (non-hydrogen) atoms. The number of hydrogen-bond acceptors (Lipinski definition) is 3. The highest BCUT2D eigenvalue weighted by atomic mass is 32.2. The largest absolute Gasteiger partial charge is 0.330 e. The van der Waals surface area contributed by atoms with Gasteiger partial charge in [-0.3, -0.25) is 0 Å². The molecular weight excluding hydrogens is 272 g/mol. The molecule has 0 bridgehead atoms. The molecule has 2 saturated carbocycles. The van der Waals surface area contributed by atoms with Crippen molar-refractivity contribution in [1.82, 2.24) is 4.72 Å². The first-order valence-corrected chi connectivity index (χ1v) is 9.88. The van der Waals surface area contributed by atoms with Crippen molar-refractivity contribution in [3.63, 3.8) is 0 Å². The molecule has 0 aromatic carbocycles. The van der Waals surface area contributed by atoms with Crippen LogP contribution in [-0.2, 0) is 10.0 Å². The van der Waals surface area contributed by atoms with Crippen LogP contribution in [0.15, 0.2) is 0 Å². The van der Waals surface area contributed by atoms with Crippen LogP contribution >= 0.6 is 0 Å². The Balaban J connectivity index is 1.84. The van der Waals surface area contributed by atoms with Gasteiger partial charge in [0, 0.05) is 6.54 Å². The maximum atomic E-state index is 12.2. The molecule has 0 aliphatic heterocycles. The smallest absolute Gasteiger partial charge is 0.211 e. The maximum absolute atomic E-state index is 12.2. The maximum Gasteiger partial charge on any atom is 0.211 e. The van der Waals surface area contributed by atoms with Crippen LogP contribution in [0.5, 0.6) is 0 Å². The van der Waals surface area contributed by atoms with Crippen LogP contribution in [0.2, 0.25) is 0 Å². The highest BCUT2D eigenvalue weighted by Gasteiger charge is 2.32. The summed E-state index contributed by atoms with van der Waals surface area (Å²) in [5.41, 5.74) is 5.93. The summed E-state index contributed by atoms with van der Waals surface area (Å²) in [6.45, 7) is 1.14. The van der Waals surface area contributed by atoms with E-state index in [2.05, 4.69) is 4.72 Å². The third kappa shape index (κ3) is 4.71. The van der Waals surface area contributed by atoms with Crippen molar-refractivity contribution >= 4 is 10.0 Å². The third-order valence-corrected chi connectivity index (χ3v) is 6.69. The number of nitrogens with one attached hydrogen (secondary N) is 1. The predicted molar refractivity (Wildman–Crippen MR) is 82.9 cm³/mol. The molecule has 0 aromatic rings. The molecule has 2 aliphatic carbocycles.